The molecule has 1 rings (SSSR count). The molecule has 1 aromatic rings. The number of aryl methyl sites for hydroxylation is 1. The summed E-state index contributed by atoms with van der Waals surface area (Å²) in [6, 6.07) is 0. The van der Waals surface area contributed by atoms with Crippen molar-refractivity contribution in [1.82, 2.24) is 4.98 Å². The van der Waals surface area contributed by atoms with Gasteiger partial charge in [0.2, 0.25) is 0 Å². The summed E-state index contributed by atoms with van der Waals surface area (Å²) >= 11 is 1.51. The number of anilines is 1. The fourth-order valence-electron chi connectivity index (χ4n) is 1.63. The van der Waals surface area contributed by atoms with Crippen molar-refractivity contribution < 1.29 is 9.90 Å². The second-order valence-electron chi connectivity index (χ2n) is 5.47. The van der Waals surface area contributed by atoms with Crippen LogP contribution in [0, 0.1) is 18.3 Å². The lowest BCUT2D eigenvalue weighted by molar-refractivity contribution is -0.142. The highest BCUT2D eigenvalue weighted by molar-refractivity contribution is 7.13. The first-order chi connectivity index (χ1) is 7.78. The first kappa shape index (κ1) is 14.0. The van der Waals surface area contributed by atoms with Crippen LogP contribution in [0.25, 0.3) is 0 Å². The fourth-order valence-corrected chi connectivity index (χ4v) is 2.33. The molecule has 0 aliphatic rings. The Balaban J connectivity index is 2.53. The predicted molar refractivity (Wildman–Crippen MR) is 70.5 cm³/mol. The molecule has 0 fully saturated rings. The van der Waals surface area contributed by atoms with Gasteiger partial charge in [-0.05, 0) is 18.8 Å². The second-order valence-corrected chi connectivity index (χ2v) is 6.33. The molecule has 1 atom stereocenters. The maximum absolute atomic E-state index is 11.1. The lowest BCUT2D eigenvalue weighted by Crippen LogP contribution is -2.27. The van der Waals surface area contributed by atoms with Crippen molar-refractivity contribution in [2.75, 3.05) is 11.9 Å². The highest BCUT2D eigenvalue weighted by atomic mass is 32.1. The van der Waals surface area contributed by atoms with Crippen LogP contribution in [0.3, 0.4) is 0 Å². The van der Waals surface area contributed by atoms with Crippen LogP contribution in [0.15, 0.2) is 5.38 Å². The van der Waals surface area contributed by atoms with Gasteiger partial charge in [-0.1, -0.05) is 20.8 Å². The molecule has 0 saturated carbocycles. The number of carboxylic acids is 1. The number of thiazole rings is 1. The first-order valence-corrected chi connectivity index (χ1v) is 6.55. The van der Waals surface area contributed by atoms with Gasteiger partial charge in [-0.15, -0.1) is 11.3 Å². The van der Waals surface area contributed by atoms with E-state index in [1.807, 2.05) is 12.3 Å². The zero-order valence-electron chi connectivity index (χ0n) is 10.8. The minimum atomic E-state index is -0.749. The predicted octanol–water partition coefficient (Wildman–Crippen LogP) is 3.00. The van der Waals surface area contributed by atoms with Crippen LogP contribution in [0.5, 0.6) is 0 Å². The molecule has 0 aliphatic heterocycles. The van der Waals surface area contributed by atoms with Crippen molar-refractivity contribution in [2.45, 2.75) is 34.1 Å². The molecule has 5 heteroatoms. The highest BCUT2D eigenvalue weighted by Crippen LogP contribution is 2.25. The van der Waals surface area contributed by atoms with Crippen LogP contribution < -0.4 is 5.32 Å². The van der Waals surface area contributed by atoms with Crippen molar-refractivity contribution in [2.24, 2.45) is 11.3 Å². The Kier molecular flexibility index (Phi) is 4.51. The molecule has 1 heterocycles. The van der Waals surface area contributed by atoms with Crippen molar-refractivity contribution in [1.29, 1.82) is 0 Å². The van der Waals surface area contributed by atoms with E-state index in [-0.39, 0.29) is 11.3 Å². The van der Waals surface area contributed by atoms with E-state index in [0.29, 0.717) is 13.0 Å². The molecular weight excluding hydrogens is 236 g/mol. The van der Waals surface area contributed by atoms with Crippen molar-refractivity contribution >= 4 is 22.4 Å². The zero-order chi connectivity index (χ0) is 13.1. The largest absolute Gasteiger partial charge is 0.481 e. The Labute approximate surface area is 106 Å². The number of aromatic nitrogens is 1. The standard InChI is InChI=1S/C12H20N2O2S/c1-8-7-17-11(14-8)13-6-9(10(15)16)5-12(2,3)4/h7,9H,5-6H2,1-4H3,(H,13,14)(H,15,16). The van der Waals surface area contributed by atoms with E-state index in [1.165, 1.54) is 11.3 Å². The summed E-state index contributed by atoms with van der Waals surface area (Å²) in [5.41, 5.74) is 0.976. The lowest BCUT2D eigenvalue weighted by Gasteiger charge is -2.23. The number of nitrogens with one attached hydrogen (secondary N) is 1. The molecule has 0 radical (unpaired) electrons. The molecule has 2 N–H and O–H groups in total. The van der Waals surface area contributed by atoms with E-state index < -0.39 is 5.97 Å². The van der Waals surface area contributed by atoms with Gasteiger partial charge < -0.3 is 10.4 Å². The number of hydrogen-bond donors (Lipinski definition) is 2. The Morgan fingerprint density at radius 3 is 2.65 bits per heavy atom. The number of carboxylic acid groups (broad SMARTS) is 1. The van der Waals surface area contributed by atoms with Crippen molar-refractivity contribution in [3.63, 3.8) is 0 Å². The van der Waals surface area contributed by atoms with Crippen LogP contribution in [-0.2, 0) is 4.79 Å². The average Bonchev–Trinajstić information content (AvgIpc) is 2.56. The molecule has 0 bridgehead atoms. The number of carbonyl (C=O) groups is 1. The second kappa shape index (κ2) is 5.49. The third-order valence-corrected chi connectivity index (χ3v) is 3.24. The normalized spacial score (nSPS) is 13.4. The highest BCUT2D eigenvalue weighted by Gasteiger charge is 2.24. The first-order valence-electron chi connectivity index (χ1n) is 5.67. The summed E-state index contributed by atoms with van der Waals surface area (Å²) in [5.74, 6) is -1.13. The minimum absolute atomic E-state index is 0.0174. The molecule has 0 amide bonds. The van der Waals surface area contributed by atoms with Crippen LogP contribution in [0.4, 0.5) is 5.13 Å². The molecule has 4 nitrogen and oxygen atoms in total. The van der Waals surface area contributed by atoms with Crippen LogP contribution >= 0.6 is 11.3 Å². The smallest absolute Gasteiger partial charge is 0.308 e. The molecule has 96 valence electrons. The minimum Gasteiger partial charge on any atom is -0.481 e. The monoisotopic (exact) mass is 256 g/mol. The van der Waals surface area contributed by atoms with E-state index >= 15 is 0 Å². The van der Waals surface area contributed by atoms with Gasteiger partial charge in [-0.2, -0.15) is 0 Å². The summed E-state index contributed by atoms with van der Waals surface area (Å²) in [4.78, 5) is 15.4. The molecule has 0 saturated heterocycles. The molecule has 1 aromatic heterocycles. The van der Waals surface area contributed by atoms with Crippen molar-refractivity contribution in [3.8, 4) is 0 Å². The summed E-state index contributed by atoms with van der Waals surface area (Å²) in [6.45, 7) is 8.51. The third-order valence-electron chi connectivity index (χ3n) is 2.33. The third kappa shape index (κ3) is 5.17. The number of aliphatic carboxylic acids is 1. The average molecular weight is 256 g/mol. The number of nitrogens with zero attached hydrogens (tertiary/aromatic N) is 1. The lowest BCUT2D eigenvalue weighted by atomic mass is 9.84. The number of rotatable bonds is 5. The Bertz CT molecular complexity index is 382. The van der Waals surface area contributed by atoms with Gasteiger partial charge in [0.05, 0.1) is 11.6 Å². The Morgan fingerprint density at radius 1 is 1.59 bits per heavy atom. The van der Waals surface area contributed by atoms with Gasteiger partial charge in [0.1, 0.15) is 0 Å². The van der Waals surface area contributed by atoms with Gasteiger partial charge in [-0.25, -0.2) is 4.98 Å². The van der Waals surface area contributed by atoms with E-state index in [1.54, 1.807) is 0 Å². The van der Waals surface area contributed by atoms with Crippen LogP contribution in [0.2, 0.25) is 0 Å². The summed E-state index contributed by atoms with van der Waals surface area (Å²) in [7, 11) is 0. The number of hydrogen-bond acceptors (Lipinski definition) is 4. The Hall–Kier alpha value is -1.10. The maximum Gasteiger partial charge on any atom is 0.308 e. The Morgan fingerprint density at radius 2 is 2.24 bits per heavy atom. The molecule has 0 aromatic carbocycles. The SMILES string of the molecule is Cc1csc(NCC(CC(C)(C)C)C(=O)O)n1. The molecule has 0 aliphatic carbocycles. The zero-order valence-corrected chi connectivity index (χ0v) is 11.6. The molecule has 17 heavy (non-hydrogen) atoms. The van der Waals surface area contributed by atoms with Crippen LogP contribution in [-0.4, -0.2) is 22.6 Å². The van der Waals surface area contributed by atoms with Crippen LogP contribution in [0.1, 0.15) is 32.9 Å². The summed E-state index contributed by atoms with van der Waals surface area (Å²) in [5, 5.41) is 15.0. The van der Waals surface area contributed by atoms with Crippen molar-refractivity contribution in [3.05, 3.63) is 11.1 Å². The molecular formula is C12H20N2O2S. The van der Waals surface area contributed by atoms with Gasteiger partial charge in [0, 0.05) is 11.9 Å². The molecule has 1 unspecified atom stereocenters. The van der Waals surface area contributed by atoms with Gasteiger partial charge >= 0.3 is 5.97 Å². The quantitative estimate of drug-likeness (QED) is 0.850. The van der Waals surface area contributed by atoms with E-state index in [2.05, 4.69) is 31.1 Å². The van der Waals surface area contributed by atoms with E-state index in [0.717, 1.165) is 10.8 Å². The van der Waals surface area contributed by atoms with E-state index in [4.69, 9.17) is 5.11 Å². The topological polar surface area (TPSA) is 62.2 Å². The summed E-state index contributed by atoms with van der Waals surface area (Å²) in [6.07, 6.45) is 0.652. The van der Waals surface area contributed by atoms with Gasteiger partial charge in [0.15, 0.2) is 5.13 Å². The summed E-state index contributed by atoms with van der Waals surface area (Å²) < 4.78 is 0. The maximum atomic E-state index is 11.1. The van der Waals surface area contributed by atoms with Gasteiger partial charge in [-0.3, -0.25) is 4.79 Å². The molecule has 0 spiro atoms. The van der Waals surface area contributed by atoms with Gasteiger partial charge in [0.25, 0.3) is 0 Å². The van der Waals surface area contributed by atoms with E-state index in [9.17, 15) is 4.79 Å². The fraction of sp³-hybridized carbons (Fsp3) is 0.667.